The van der Waals surface area contributed by atoms with Crippen molar-refractivity contribution in [1.29, 1.82) is 5.26 Å². The van der Waals surface area contributed by atoms with Gasteiger partial charge in [-0.15, -0.1) is 0 Å². The fraction of sp³-hybridized carbons (Fsp3) is 0.526. The summed E-state index contributed by atoms with van der Waals surface area (Å²) in [6.45, 7) is 7.99. The summed E-state index contributed by atoms with van der Waals surface area (Å²) in [4.78, 5) is 23.7. The quantitative estimate of drug-likeness (QED) is 0.873. The first-order valence-corrected chi connectivity index (χ1v) is 8.54. The molecular weight excluding hydrogens is 318 g/mol. The molecule has 1 aliphatic heterocycles. The Balaban J connectivity index is 1.97. The third-order valence-electron chi connectivity index (χ3n) is 4.96. The second-order valence-corrected chi connectivity index (χ2v) is 6.73. The summed E-state index contributed by atoms with van der Waals surface area (Å²) in [6, 6.07) is 8.59. The van der Waals surface area contributed by atoms with Crippen molar-refractivity contribution in [2.75, 3.05) is 6.54 Å². The number of ether oxygens (including phenoxy) is 1. The molecule has 5 unspecified atom stereocenters. The molecule has 6 heteroatoms. The summed E-state index contributed by atoms with van der Waals surface area (Å²) in [5, 5.41) is 14.8. The van der Waals surface area contributed by atoms with Gasteiger partial charge in [0.25, 0.3) is 5.91 Å². The van der Waals surface area contributed by atoms with Gasteiger partial charge in [-0.05, 0) is 37.0 Å². The molecule has 2 rings (SSSR count). The minimum Gasteiger partial charge on any atom is -0.371 e. The summed E-state index contributed by atoms with van der Waals surface area (Å²) in [7, 11) is 0. The Morgan fingerprint density at radius 3 is 2.60 bits per heavy atom. The Labute approximate surface area is 148 Å². The van der Waals surface area contributed by atoms with E-state index in [9.17, 15) is 9.59 Å². The van der Waals surface area contributed by atoms with Crippen LogP contribution in [0, 0.1) is 23.2 Å². The van der Waals surface area contributed by atoms with Gasteiger partial charge in [0.1, 0.15) is 0 Å². The van der Waals surface area contributed by atoms with E-state index < -0.39 is 0 Å². The second kappa shape index (κ2) is 8.13. The van der Waals surface area contributed by atoms with Gasteiger partial charge in [-0.3, -0.25) is 9.59 Å². The number of hydrogen-bond donors (Lipinski definition) is 2. The average molecular weight is 343 g/mol. The van der Waals surface area contributed by atoms with Crippen molar-refractivity contribution < 1.29 is 14.3 Å². The van der Waals surface area contributed by atoms with Crippen molar-refractivity contribution in [3.63, 3.8) is 0 Å². The highest BCUT2D eigenvalue weighted by Crippen LogP contribution is 2.30. The number of nitriles is 1. The molecular formula is C19H25N3O3. The van der Waals surface area contributed by atoms with Gasteiger partial charge in [-0.2, -0.15) is 5.26 Å². The topological polar surface area (TPSA) is 91.2 Å². The van der Waals surface area contributed by atoms with Crippen molar-refractivity contribution in [1.82, 2.24) is 10.6 Å². The van der Waals surface area contributed by atoms with E-state index in [4.69, 9.17) is 10.00 Å². The van der Waals surface area contributed by atoms with Crippen molar-refractivity contribution in [3.8, 4) is 6.07 Å². The Bertz CT molecular complexity index is 683. The smallest absolute Gasteiger partial charge is 0.251 e. The number of benzene rings is 1. The van der Waals surface area contributed by atoms with E-state index in [0.717, 1.165) is 0 Å². The van der Waals surface area contributed by atoms with Gasteiger partial charge in [0.05, 0.1) is 29.9 Å². The van der Waals surface area contributed by atoms with Crippen LogP contribution in [0.2, 0.25) is 0 Å². The lowest BCUT2D eigenvalue weighted by Gasteiger charge is -2.44. The van der Waals surface area contributed by atoms with Gasteiger partial charge in [0.2, 0.25) is 5.91 Å². The molecule has 1 aromatic rings. The molecule has 1 saturated heterocycles. The molecule has 0 aromatic heterocycles. The predicted molar refractivity (Wildman–Crippen MR) is 93.8 cm³/mol. The molecule has 25 heavy (non-hydrogen) atoms. The molecule has 0 saturated carbocycles. The molecule has 2 N–H and O–H groups in total. The minimum absolute atomic E-state index is 0.0354. The molecule has 1 fully saturated rings. The number of rotatable bonds is 4. The summed E-state index contributed by atoms with van der Waals surface area (Å²) in [5.74, 6) is 0.121. The highest BCUT2D eigenvalue weighted by atomic mass is 16.5. The number of nitrogens with zero attached hydrogens (tertiary/aromatic N) is 1. The Morgan fingerprint density at radius 2 is 1.96 bits per heavy atom. The largest absolute Gasteiger partial charge is 0.371 e. The van der Waals surface area contributed by atoms with Crippen molar-refractivity contribution >= 4 is 11.8 Å². The van der Waals surface area contributed by atoms with Crippen LogP contribution in [0.1, 0.15) is 43.6 Å². The van der Waals surface area contributed by atoms with Crippen LogP contribution in [0.15, 0.2) is 24.3 Å². The average Bonchev–Trinajstić information content (AvgIpc) is 2.60. The van der Waals surface area contributed by atoms with Gasteiger partial charge in [0, 0.05) is 19.0 Å². The van der Waals surface area contributed by atoms with Gasteiger partial charge in [-0.25, -0.2) is 0 Å². The highest BCUT2D eigenvalue weighted by molar-refractivity contribution is 5.94. The molecule has 1 aromatic carbocycles. The summed E-state index contributed by atoms with van der Waals surface area (Å²) in [5.41, 5.74) is 0.912. The molecule has 6 nitrogen and oxygen atoms in total. The minimum atomic E-state index is -0.225. The van der Waals surface area contributed by atoms with Crippen LogP contribution < -0.4 is 10.6 Å². The lowest BCUT2D eigenvalue weighted by Crippen LogP contribution is -2.57. The Kier molecular flexibility index (Phi) is 6.16. The Morgan fingerprint density at radius 1 is 1.24 bits per heavy atom. The van der Waals surface area contributed by atoms with E-state index in [1.165, 1.54) is 6.92 Å². The third-order valence-corrected chi connectivity index (χ3v) is 4.96. The van der Waals surface area contributed by atoms with Crippen LogP contribution in [0.3, 0.4) is 0 Å². The monoisotopic (exact) mass is 343 g/mol. The van der Waals surface area contributed by atoms with E-state index in [-0.39, 0.29) is 41.9 Å². The van der Waals surface area contributed by atoms with Gasteiger partial charge >= 0.3 is 0 Å². The zero-order valence-corrected chi connectivity index (χ0v) is 15.1. The molecule has 134 valence electrons. The maximum absolute atomic E-state index is 12.3. The van der Waals surface area contributed by atoms with Gasteiger partial charge in [-0.1, -0.05) is 19.9 Å². The zero-order chi connectivity index (χ0) is 18.6. The maximum atomic E-state index is 12.3. The lowest BCUT2D eigenvalue weighted by atomic mass is 9.80. The van der Waals surface area contributed by atoms with Crippen LogP contribution in [0.5, 0.6) is 0 Å². The normalized spacial score (nSPS) is 28.7. The third kappa shape index (κ3) is 4.58. The lowest BCUT2D eigenvalue weighted by molar-refractivity contribution is -0.132. The molecule has 0 radical (unpaired) electrons. The fourth-order valence-corrected chi connectivity index (χ4v) is 3.32. The number of carbonyl (C=O) groups is 2. The fourth-order valence-electron chi connectivity index (χ4n) is 3.32. The van der Waals surface area contributed by atoms with Crippen LogP contribution in [0.25, 0.3) is 0 Å². The number of carbonyl (C=O) groups excluding carboxylic acids is 2. The molecule has 1 aliphatic rings. The first-order chi connectivity index (χ1) is 11.8. The molecule has 2 amide bonds. The predicted octanol–water partition coefficient (Wildman–Crippen LogP) is 1.85. The van der Waals surface area contributed by atoms with E-state index in [1.54, 1.807) is 24.3 Å². The van der Waals surface area contributed by atoms with Crippen molar-refractivity contribution in [3.05, 3.63) is 35.4 Å². The Hall–Kier alpha value is -2.39. The van der Waals surface area contributed by atoms with E-state index in [2.05, 4.69) is 24.5 Å². The van der Waals surface area contributed by atoms with Crippen LogP contribution in [-0.2, 0) is 9.53 Å². The molecule has 0 bridgehead atoms. The summed E-state index contributed by atoms with van der Waals surface area (Å²) >= 11 is 0. The molecule has 0 spiro atoms. The highest BCUT2D eigenvalue weighted by Gasteiger charge is 2.39. The maximum Gasteiger partial charge on any atom is 0.251 e. The first-order valence-electron chi connectivity index (χ1n) is 8.54. The number of amides is 2. The van der Waals surface area contributed by atoms with Crippen LogP contribution >= 0.6 is 0 Å². The molecule has 5 atom stereocenters. The SMILES string of the molecule is CC(=O)NC1C(C)OC(CNC(=O)c2cccc(C#N)c2)C(C)C1C. The first kappa shape index (κ1) is 18.9. The van der Waals surface area contributed by atoms with E-state index >= 15 is 0 Å². The van der Waals surface area contributed by atoms with Crippen LogP contribution in [-0.4, -0.2) is 36.6 Å². The van der Waals surface area contributed by atoms with E-state index in [0.29, 0.717) is 17.7 Å². The standard InChI is InChI=1S/C19H25N3O3/c1-11-12(2)18(22-14(4)23)13(3)25-17(11)10-21-19(24)16-7-5-6-15(8-16)9-20/h5-8,11-13,17-18H,10H2,1-4H3,(H,21,24)(H,22,23). The summed E-state index contributed by atoms with van der Waals surface area (Å²) < 4.78 is 6.03. The van der Waals surface area contributed by atoms with E-state index in [1.807, 2.05) is 13.0 Å². The zero-order valence-electron chi connectivity index (χ0n) is 15.1. The van der Waals surface area contributed by atoms with Gasteiger partial charge < -0.3 is 15.4 Å². The second-order valence-electron chi connectivity index (χ2n) is 6.73. The number of nitrogens with one attached hydrogen (secondary N) is 2. The molecule has 1 heterocycles. The van der Waals surface area contributed by atoms with Crippen LogP contribution in [0.4, 0.5) is 0 Å². The van der Waals surface area contributed by atoms with Crippen molar-refractivity contribution in [2.45, 2.75) is 45.9 Å². The summed E-state index contributed by atoms with van der Waals surface area (Å²) in [6.07, 6.45) is -0.253. The van der Waals surface area contributed by atoms with Crippen molar-refractivity contribution in [2.24, 2.45) is 11.8 Å². The van der Waals surface area contributed by atoms with Gasteiger partial charge in [0.15, 0.2) is 0 Å². The number of hydrogen-bond acceptors (Lipinski definition) is 4. The molecule has 0 aliphatic carbocycles.